The van der Waals surface area contributed by atoms with E-state index >= 15 is 0 Å². The van der Waals surface area contributed by atoms with Gasteiger partial charge < -0.3 is 14.8 Å². The minimum atomic E-state index is -1.25. The van der Waals surface area contributed by atoms with Crippen LogP contribution in [0.2, 0.25) is 0 Å². The van der Waals surface area contributed by atoms with Gasteiger partial charge in [-0.25, -0.2) is 0 Å². The number of ether oxygens (including phenoxy) is 1. The lowest BCUT2D eigenvalue weighted by Crippen LogP contribution is -2.35. The van der Waals surface area contributed by atoms with E-state index in [9.17, 15) is 9.90 Å². The summed E-state index contributed by atoms with van der Waals surface area (Å²) in [6.07, 6.45) is 1.85. The normalized spacial score (nSPS) is 24.0. The van der Waals surface area contributed by atoms with Gasteiger partial charge in [0.25, 0.3) is 0 Å². The maximum Gasteiger partial charge on any atom is 0.197 e. The lowest BCUT2D eigenvalue weighted by molar-refractivity contribution is 0.0814. The van der Waals surface area contributed by atoms with Crippen LogP contribution in [-0.2, 0) is 5.60 Å². The average molecular weight is 476 g/mol. The van der Waals surface area contributed by atoms with Crippen molar-refractivity contribution in [2.45, 2.75) is 12.5 Å². The Kier molecular flexibility index (Phi) is 5.56. The number of carbonyl (C=O) groups is 1. The fourth-order valence-corrected chi connectivity index (χ4v) is 9.36. The number of Topliss-reactive ketones (excluding diaryl/α,β-unsaturated/α-hetero) is 1. The van der Waals surface area contributed by atoms with Gasteiger partial charge in [0.1, 0.15) is 11.4 Å². The second-order valence-electron chi connectivity index (χ2n) is 7.30. The number of hydrogen-bond donors (Lipinski definition) is 2. The molecule has 2 N–H and O–H groups in total. The molecule has 3 heterocycles. The SMILES string of the molecule is COc1ccc(-c2c[nH]c3c2C(=O)C(=C2SCCS2)C(=C2SCCS2)C3(C)O)cc1. The summed E-state index contributed by atoms with van der Waals surface area (Å²) in [5.41, 5.74) is 3.15. The zero-order chi connectivity index (χ0) is 20.9. The summed E-state index contributed by atoms with van der Waals surface area (Å²) in [5, 5.41) is 11.8. The molecule has 2 aliphatic heterocycles. The van der Waals surface area contributed by atoms with Crippen molar-refractivity contribution in [3.05, 3.63) is 61.3 Å². The number of benzene rings is 1. The maximum absolute atomic E-state index is 13.9. The highest BCUT2D eigenvalue weighted by atomic mass is 32.2. The number of ketones is 1. The quantitative estimate of drug-likeness (QED) is 0.558. The molecule has 3 aliphatic rings. The van der Waals surface area contributed by atoms with Crippen LogP contribution in [0.1, 0.15) is 23.0 Å². The van der Waals surface area contributed by atoms with Crippen molar-refractivity contribution in [3.8, 4) is 16.9 Å². The Hall–Kier alpha value is -1.19. The van der Waals surface area contributed by atoms with E-state index in [-0.39, 0.29) is 5.78 Å². The Labute approximate surface area is 192 Å². The minimum Gasteiger partial charge on any atom is -0.497 e. The van der Waals surface area contributed by atoms with Crippen LogP contribution in [0.15, 0.2) is 50.1 Å². The number of hydrogen-bond acceptors (Lipinski definition) is 7. The first-order valence-electron chi connectivity index (χ1n) is 9.66. The number of fused-ring (bicyclic) bond motifs is 1. The molecule has 1 aliphatic carbocycles. The van der Waals surface area contributed by atoms with E-state index in [1.165, 1.54) is 0 Å². The molecule has 0 spiro atoms. The fourth-order valence-electron chi connectivity index (χ4n) is 4.05. The van der Waals surface area contributed by atoms with Crippen molar-refractivity contribution in [2.24, 2.45) is 0 Å². The molecular weight excluding hydrogens is 455 g/mol. The first kappa shape index (κ1) is 20.7. The van der Waals surface area contributed by atoms with Crippen molar-refractivity contribution in [3.63, 3.8) is 0 Å². The number of aliphatic hydroxyl groups is 1. The Morgan fingerprint density at radius 1 is 1.00 bits per heavy atom. The van der Waals surface area contributed by atoms with Gasteiger partial charge in [0, 0.05) is 44.6 Å². The average Bonchev–Trinajstić information content (AvgIpc) is 3.52. The number of thioether (sulfide) groups is 4. The van der Waals surface area contributed by atoms with E-state index < -0.39 is 5.60 Å². The first-order chi connectivity index (χ1) is 14.5. The molecule has 1 aromatic carbocycles. The zero-order valence-corrected chi connectivity index (χ0v) is 19.9. The number of methoxy groups -OCH3 is 1. The lowest BCUT2D eigenvalue weighted by atomic mass is 9.76. The molecule has 8 heteroatoms. The molecule has 0 amide bonds. The molecule has 1 unspecified atom stereocenters. The van der Waals surface area contributed by atoms with Crippen LogP contribution >= 0.6 is 47.0 Å². The molecule has 156 valence electrons. The van der Waals surface area contributed by atoms with Crippen molar-refractivity contribution in [1.82, 2.24) is 4.98 Å². The van der Waals surface area contributed by atoms with Crippen LogP contribution in [0, 0.1) is 0 Å². The van der Waals surface area contributed by atoms with Gasteiger partial charge in [0.05, 0.1) is 28.2 Å². The molecule has 0 saturated carbocycles. The largest absolute Gasteiger partial charge is 0.497 e. The van der Waals surface area contributed by atoms with Crippen LogP contribution in [-0.4, -0.2) is 46.0 Å². The summed E-state index contributed by atoms with van der Waals surface area (Å²) in [6, 6.07) is 7.68. The summed E-state index contributed by atoms with van der Waals surface area (Å²) in [4.78, 5) is 17.2. The monoisotopic (exact) mass is 475 g/mol. The lowest BCUT2D eigenvalue weighted by Gasteiger charge is -2.34. The third-order valence-electron chi connectivity index (χ3n) is 5.47. The van der Waals surface area contributed by atoms with Gasteiger partial charge in [0.2, 0.25) is 0 Å². The van der Waals surface area contributed by atoms with Crippen LogP contribution in [0.25, 0.3) is 11.1 Å². The van der Waals surface area contributed by atoms with E-state index in [1.54, 1.807) is 54.2 Å². The van der Waals surface area contributed by atoms with E-state index in [1.807, 2.05) is 37.4 Å². The summed E-state index contributed by atoms with van der Waals surface area (Å²) in [7, 11) is 1.64. The number of rotatable bonds is 2. The highest BCUT2D eigenvalue weighted by molar-refractivity contribution is 8.25. The van der Waals surface area contributed by atoms with Gasteiger partial charge in [-0.15, -0.1) is 47.0 Å². The minimum absolute atomic E-state index is 0.0103. The van der Waals surface area contributed by atoms with Gasteiger partial charge in [-0.05, 0) is 24.6 Å². The molecule has 2 fully saturated rings. The molecular formula is C22H21NO3S4. The Morgan fingerprint density at radius 2 is 1.60 bits per heavy atom. The van der Waals surface area contributed by atoms with Gasteiger partial charge in [-0.3, -0.25) is 4.79 Å². The van der Waals surface area contributed by atoms with E-state index in [4.69, 9.17) is 4.74 Å². The van der Waals surface area contributed by atoms with Gasteiger partial charge in [-0.1, -0.05) is 12.1 Å². The van der Waals surface area contributed by atoms with Crippen LogP contribution in [0.5, 0.6) is 5.75 Å². The van der Waals surface area contributed by atoms with E-state index in [0.29, 0.717) is 16.8 Å². The van der Waals surface area contributed by atoms with Crippen LogP contribution < -0.4 is 4.74 Å². The first-order valence-corrected chi connectivity index (χ1v) is 13.6. The molecule has 1 atom stereocenters. The predicted molar refractivity (Wildman–Crippen MR) is 131 cm³/mol. The second kappa shape index (κ2) is 8.06. The fraction of sp³-hybridized carbons (Fsp3) is 0.318. The number of nitrogens with one attached hydrogen (secondary N) is 1. The number of aromatic nitrogens is 1. The van der Waals surface area contributed by atoms with Crippen molar-refractivity contribution >= 4 is 52.8 Å². The molecule has 0 radical (unpaired) electrons. The molecule has 2 aromatic rings. The van der Waals surface area contributed by atoms with Crippen molar-refractivity contribution in [1.29, 1.82) is 0 Å². The van der Waals surface area contributed by atoms with Gasteiger partial charge in [-0.2, -0.15) is 0 Å². The third kappa shape index (κ3) is 3.28. The zero-order valence-electron chi connectivity index (χ0n) is 16.6. The van der Waals surface area contributed by atoms with Crippen molar-refractivity contribution < 1.29 is 14.6 Å². The molecule has 30 heavy (non-hydrogen) atoms. The number of aromatic amines is 1. The molecule has 4 nitrogen and oxygen atoms in total. The Bertz CT molecular complexity index is 1070. The van der Waals surface area contributed by atoms with Gasteiger partial charge >= 0.3 is 0 Å². The van der Waals surface area contributed by atoms with Crippen molar-refractivity contribution in [2.75, 3.05) is 30.1 Å². The maximum atomic E-state index is 13.9. The molecule has 2 saturated heterocycles. The summed E-state index contributed by atoms with van der Waals surface area (Å²) >= 11 is 6.96. The third-order valence-corrected chi connectivity index (χ3v) is 10.9. The standard InChI is InChI=1S/C22H21NO3S4/c1-22(25)17(21-29-9-10-30-21)16(20-27-7-8-28-20)18(24)15-14(11-23-19(15)22)12-3-5-13(26-2)6-4-12/h3-6,11,23,25H,7-10H2,1-2H3. The second-order valence-corrected chi connectivity index (χ2v) is 12.2. The predicted octanol–water partition coefficient (Wildman–Crippen LogP) is 5.48. The van der Waals surface area contributed by atoms with Crippen LogP contribution in [0.4, 0.5) is 0 Å². The summed E-state index contributed by atoms with van der Waals surface area (Å²) in [5.74, 6) is 4.78. The number of H-pyrrole nitrogens is 1. The molecule has 0 bridgehead atoms. The summed E-state index contributed by atoms with van der Waals surface area (Å²) < 4.78 is 7.39. The highest BCUT2D eigenvalue weighted by Crippen LogP contribution is 2.55. The highest BCUT2D eigenvalue weighted by Gasteiger charge is 2.47. The van der Waals surface area contributed by atoms with E-state index in [2.05, 4.69) is 4.98 Å². The van der Waals surface area contributed by atoms with E-state index in [0.717, 1.165) is 53.9 Å². The van der Waals surface area contributed by atoms with Gasteiger partial charge in [0.15, 0.2) is 5.78 Å². The number of carbonyl (C=O) groups excluding carboxylic acids is 1. The molecule has 1 aromatic heterocycles. The molecule has 5 rings (SSSR count). The summed E-state index contributed by atoms with van der Waals surface area (Å²) in [6.45, 7) is 1.82. The smallest absolute Gasteiger partial charge is 0.197 e. The Morgan fingerprint density at radius 3 is 2.20 bits per heavy atom. The topological polar surface area (TPSA) is 62.3 Å². The van der Waals surface area contributed by atoms with Crippen LogP contribution in [0.3, 0.4) is 0 Å². The Balaban J connectivity index is 1.74.